The smallest absolute Gasteiger partial charge is 0.432 e. The molecule has 1 heterocycles. The van der Waals surface area contributed by atoms with Crippen LogP contribution < -0.4 is 0 Å². The predicted molar refractivity (Wildman–Crippen MR) is 123 cm³/mol. The van der Waals surface area contributed by atoms with Crippen molar-refractivity contribution in [3.05, 3.63) is 48.6 Å². The van der Waals surface area contributed by atoms with Crippen molar-refractivity contribution in [3.63, 3.8) is 0 Å². The van der Waals surface area contributed by atoms with E-state index in [9.17, 15) is 18.0 Å². The lowest BCUT2D eigenvalue weighted by molar-refractivity contribution is -0.276. The second-order valence-electron chi connectivity index (χ2n) is 8.00. The summed E-state index contributed by atoms with van der Waals surface area (Å²) < 4.78 is 57.1. The molecule has 0 unspecified atom stereocenters. The largest absolute Gasteiger partial charge is 0.442 e. The monoisotopic (exact) mass is 476 g/mol. The van der Waals surface area contributed by atoms with E-state index < -0.39 is 29.4 Å². The van der Waals surface area contributed by atoms with Gasteiger partial charge in [-0.25, -0.2) is 4.79 Å². The minimum atomic E-state index is -5.06. The zero-order valence-electron chi connectivity index (χ0n) is 19.6. The lowest BCUT2D eigenvalue weighted by Crippen LogP contribution is -2.52. The number of carbonyl (C=O) groups is 1. The van der Waals surface area contributed by atoms with Gasteiger partial charge in [0.25, 0.3) is 5.60 Å². The van der Waals surface area contributed by atoms with Gasteiger partial charge in [-0.15, -0.1) is 0 Å². The fourth-order valence-corrected chi connectivity index (χ4v) is 3.59. The van der Waals surface area contributed by atoms with E-state index in [0.29, 0.717) is 6.42 Å². The third kappa shape index (κ3) is 7.38. The van der Waals surface area contributed by atoms with E-state index in [1.807, 2.05) is 0 Å². The number of benzene rings is 1. The van der Waals surface area contributed by atoms with Crippen LogP contribution in [0.5, 0.6) is 0 Å². The van der Waals surface area contributed by atoms with Crippen LogP contribution in [-0.2, 0) is 24.6 Å². The molecule has 0 spiro atoms. The van der Waals surface area contributed by atoms with Crippen LogP contribution in [0.1, 0.15) is 57.4 Å². The Kier molecular flexibility index (Phi) is 10.7. The Bertz CT molecular complexity index is 920. The van der Waals surface area contributed by atoms with Gasteiger partial charge < -0.3 is 14.2 Å². The number of alkyl halides is 3. The molecule has 1 aromatic carbocycles. The van der Waals surface area contributed by atoms with Crippen LogP contribution in [0.15, 0.2) is 43.0 Å². The van der Waals surface area contributed by atoms with Gasteiger partial charge in [0.1, 0.15) is 0 Å². The molecule has 0 N–H and O–H groups in total. The summed E-state index contributed by atoms with van der Waals surface area (Å²) in [6, 6.07) is 6.59. The fourth-order valence-electron chi connectivity index (χ4n) is 3.59. The van der Waals surface area contributed by atoms with Gasteiger partial charge in [-0.3, -0.25) is 0 Å². The van der Waals surface area contributed by atoms with Crippen LogP contribution >= 0.6 is 0 Å². The molecule has 34 heavy (non-hydrogen) atoms. The highest BCUT2D eigenvalue weighted by molar-refractivity contribution is 5.83. The maximum Gasteiger partial charge on any atom is 0.432 e. The van der Waals surface area contributed by atoms with Crippen LogP contribution in [0.4, 0.5) is 13.2 Å². The number of carbonyl (C=O) groups excluding carboxylic acids is 1. The number of halogens is 3. The molecule has 0 amide bonds. The Morgan fingerprint density at radius 3 is 2.47 bits per heavy atom. The molecule has 0 aliphatic carbocycles. The van der Waals surface area contributed by atoms with Crippen molar-refractivity contribution in [2.24, 2.45) is 0 Å². The van der Waals surface area contributed by atoms with E-state index in [0.717, 1.165) is 38.2 Å². The summed E-state index contributed by atoms with van der Waals surface area (Å²) in [5, 5.41) is 0. The Morgan fingerprint density at radius 2 is 1.85 bits per heavy atom. The minimum Gasteiger partial charge on any atom is -0.442 e. The van der Waals surface area contributed by atoms with Crippen LogP contribution in [0.25, 0.3) is 0 Å². The highest BCUT2D eigenvalue weighted by atomic mass is 19.4. The van der Waals surface area contributed by atoms with Crippen LogP contribution in [0, 0.1) is 23.7 Å². The molecule has 1 aliphatic heterocycles. The summed E-state index contributed by atoms with van der Waals surface area (Å²) in [6.07, 6.45) is 2.77. The molecule has 1 aliphatic rings. The van der Waals surface area contributed by atoms with Crippen LogP contribution in [0.3, 0.4) is 0 Å². The Balaban J connectivity index is 1.93. The molecule has 2 rings (SSSR count). The summed E-state index contributed by atoms with van der Waals surface area (Å²) in [5.74, 6) is 8.91. The Morgan fingerprint density at radius 1 is 1.15 bits per heavy atom. The van der Waals surface area contributed by atoms with E-state index >= 15 is 0 Å². The lowest BCUT2D eigenvalue weighted by Gasteiger charge is -2.32. The third-order valence-corrected chi connectivity index (χ3v) is 5.57. The fraction of sp³-hybridized carbons (Fsp3) is 0.519. The van der Waals surface area contributed by atoms with Crippen molar-refractivity contribution >= 4 is 5.97 Å². The Hall–Kier alpha value is -2.74. The van der Waals surface area contributed by atoms with Gasteiger partial charge in [-0.1, -0.05) is 81.9 Å². The van der Waals surface area contributed by atoms with Crippen molar-refractivity contribution < 1.29 is 32.2 Å². The number of esters is 1. The molecule has 0 aromatic heterocycles. The van der Waals surface area contributed by atoms with Crippen molar-refractivity contribution in [2.75, 3.05) is 7.11 Å². The van der Waals surface area contributed by atoms with Gasteiger partial charge in [0.2, 0.25) is 0 Å². The molecule has 0 saturated carbocycles. The zero-order chi connectivity index (χ0) is 25.0. The lowest BCUT2D eigenvalue weighted by atomic mass is 9.92. The van der Waals surface area contributed by atoms with Crippen molar-refractivity contribution in [1.82, 2.24) is 0 Å². The molecule has 0 bridgehead atoms. The molecule has 184 valence electrons. The summed E-state index contributed by atoms with van der Waals surface area (Å²) in [5.41, 5.74) is -3.67. The molecule has 1 aromatic rings. The first-order valence-corrected chi connectivity index (χ1v) is 11.4. The number of hydrogen-bond donors (Lipinski definition) is 0. The molecule has 0 radical (unpaired) electrons. The molecule has 4 nitrogen and oxygen atoms in total. The second kappa shape index (κ2) is 13.2. The topological polar surface area (TPSA) is 48.1 Å². The highest BCUT2D eigenvalue weighted by Gasteiger charge is 2.64. The zero-order valence-corrected chi connectivity index (χ0v) is 19.6. The van der Waals surface area contributed by atoms with Crippen molar-refractivity contribution in [1.29, 1.82) is 0 Å². The molecule has 7 heteroatoms. The van der Waals surface area contributed by atoms with Gasteiger partial charge in [-0.2, -0.15) is 13.2 Å². The predicted octanol–water partition coefficient (Wildman–Crippen LogP) is 5.71. The standard InChI is InChI=1S/C27H31F3O4/c1-4-6-7-8-14-19-23-24(34-23)20-15-10-13-18-22(5-2)33-25(31)26(32-3,27(28,29)30)21-16-11-9-12-17-21/h5,9,11-12,16-17,22-24H,2,4,6-8,14,19-20H2,1,3H3/t22-,23-,24+,26-/m1/s1. The average Bonchev–Trinajstić information content (AvgIpc) is 3.56. The molecule has 1 saturated heterocycles. The van der Waals surface area contributed by atoms with E-state index in [2.05, 4.69) is 37.2 Å². The quantitative estimate of drug-likeness (QED) is 0.127. The number of epoxide rings is 1. The van der Waals surface area contributed by atoms with E-state index in [-0.39, 0.29) is 12.2 Å². The number of ether oxygens (including phenoxy) is 3. The number of methoxy groups -OCH3 is 1. The van der Waals surface area contributed by atoms with Gasteiger partial charge in [0, 0.05) is 19.1 Å². The van der Waals surface area contributed by atoms with E-state index in [4.69, 9.17) is 14.2 Å². The second-order valence-corrected chi connectivity index (χ2v) is 8.00. The maximum absolute atomic E-state index is 13.9. The van der Waals surface area contributed by atoms with Crippen molar-refractivity contribution in [3.8, 4) is 23.7 Å². The number of unbranched alkanes of at least 4 members (excludes halogenated alkanes) is 4. The maximum atomic E-state index is 13.9. The molecule has 1 fully saturated rings. The summed E-state index contributed by atoms with van der Waals surface area (Å²) in [6.45, 7) is 5.66. The summed E-state index contributed by atoms with van der Waals surface area (Å²) >= 11 is 0. The van der Waals surface area contributed by atoms with Gasteiger partial charge in [0.05, 0.1) is 12.2 Å². The summed E-state index contributed by atoms with van der Waals surface area (Å²) in [7, 11) is 0.806. The first-order chi connectivity index (χ1) is 16.3. The molecular weight excluding hydrogens is 445 g/mol. The molecular formula is C27H31F3O4. The van der Waals surface area contributed by atoms with E-state index in [1.165, 1.54) is 43.9 Å². The average molecular weight is 477 g/mol. The SMILES string of the molecule is C=C[C@H](C#CC#CC[C@@H]1O[C@@H]1CCCCCCC)OC(=O)[C@](OC)(c1ccccc1)C(F)(F)F. The summed E-state index contributed by atoms with van der Waals surface area (Å²) in [4.78, 5) is 12.6. The van der Waals surface area contributed by atoms with Crippen LogP contribution in [-0.4, -0.2) is 37.6 Å². The van der Waals surface area contributed by atoms with Crippen LogP contribution in [0.2, 0.25) is 0 Å². The molecule has 4 atom stereocenters. The van der Waals surface area contributed by atoms with E-state index in [1.54, 1.807) is 0 Å². The van der Waals surface area contributed by atoms with Crippen molar-refractivity contribution in [2.45, 2.75) is 82.0 Å². The normalized spacial score (nSPS) is 19.4. The van der Waals surface area contributed by atoms with Gasteiger partial charge in [-0.05, 0) is 30.3 Å². The number of hydrogen-bond acceptors (Lipinski definition) is 4. The van der Waals surface area contributed by atoms with Gasteiger partial charge in [0.15, 0.2) is 6.10 Å². The first-order valence-electron chi connectivity index (χ1n) is 11.4. The minimum absolute atomic E-state index is 0.105. The number of rotatable bonds is 12. The highest BCUT2D eigenvalue weighted by Crippen LogP contribution is 2.43. The van der Waals surface area contributed by atoms with Gasteiger partial charge >= 0.3 is 12.1 Å². The Labute approximate surface area is 199 Å². The third-order valence-electron chi connectivity index (χ3n) is 5.57. The first kappa shape index (κ1) is 27.5.